The Balaban J connectivity index is 1.56. The van der Waals surface area contributed by atoms with Crippen LogP contribution in [0.25, 0.3) is 0 Å². The molecule has 0 spiro atoms. The number of hydrogen-bond acceptors (Lipinski definition) is 5. The molecule has 1 unspecified atom stereocenters. The van der Waals surface area contributed by atoms with E-state index >= 15 is 0 Å². The van der Waals surface area contributed by atoms with E-state index < -0.39 is 18.0 Å². The van der Waals surface area contributed by atoms with Gasteiger partial charge in [0.2, 0.25) is 5.91 Å². The van der Waals surface area contributed by atoms with Crippen molar-refractivity contribution in [3.63, 3.8) is 0 Å². The second-order valence-corrected chi connectivity index (χ2v) is 8.53. The highest BCUT2D eigenvalue weighted by Crippen LogP contribution is 2.29. The number of carbonyl (C=O) groups is 3. The Hall–Kier alpha value is -3.65. The summed E-state index contributed by atoms with van der Waals surface area (Å²) in [5, 5.41) is 4.71. The molecule has 1 saturated heterocycles. The van der Waals surface area contributed by atoms with Gasteiger partial charge in [-0.3, -0.25) is 9.59 Å². The topological polar surface area (TPSA) is 79.0 Å². The summed E-state index contributed by atoms with van der Waals surface area (Å²) in [5.41, 5.74) is 2.12. The van der Waals surface area contributed by atoms with E-state index in [0.29, 0.717) is 17.1 Å². The maximum atomic E-state index is 13.3. The van der Waals surface area contributed by atoms with Crippen LogP contribution in [0.3, 0.4) is 0 Å². The fraction of sp³-hybridized carbons (Fsp3) is 0.208. The zero-order chi connectivity index (χ0) is 22.7. The average Bonchev–Trinajstić information content (AvgIpc) is 3.38. The molecule has 1 N–H and O–H groups in total. The highest BCUT2D eigenvalue weighted by molar-refractivity contribution is 7.09. The summed E-state index contributed by atoms with van der Waals surface area (Å²) in [6, 6.07) is 16.6. The number of methoxy groups -OCH3 is 1. The maximum absolute atomic E-state index is 13.3. The van der Waals surface area contributed by atoms with Gasteiger partial charge in [-0.25, -0.2) is 9.69 Å². The van der Waals surface area contributed by atoms with Crippen LogP contribution in [-0.2, 0) is 16.1 Å². The van der Waals surface area contributed by atoms with E-state index in [2.05, 4.69) is 5.32 Å². The molecule has 164 valence electrons. The minimum atomic E-state index is -0.885. The Kier molecular flexibility index (Phi) is 6.23. The number of urea groups is 1. The van der Waals surface area contributed by atoms with Crippen molar-refractivity contribution < 1.29 is 19.1 Å². The molecule has 4 rings (SSSR count). The van der Waals surface area contributed by atoms with Crippen LogP contribution in [0.4, 0.5) is 16.2 Å². The molecule has 7 nitrogen and oxygen atoms in total. The van der Waals surface area contributed by atoms with Crippen molar-refractivity contribution in [2.45, 2.75) is 25.9 Å². The molecule has 2 aromatic carbocycles. The molecule has 1 atom stereocenters. The molecule has 0 aliphatic carbocycles. The minimum absolute atomic E-state index is 0.135. The van der Waals surface area contributed by atoms with Gasteiger partial charge in [0.25, 0.3) is 5.91 Å². The molecule has 32 heavy (non-hydrogen) atoms. The van der Waals surface area contributed by atoms with Crippen LogP contribution < -0.4 is 15.0 Å². The van der Waals surface area contributed by atoms with Crippen LogP contribution in [0.1, 0.15) is 16.9 Å². The van der Waals surface area contributed by atoms with Crippen LogP contribution >= 0.6 is 11.3 Å². The monoisotopic (exact) mass is 449 g/mol. The zero-order valence-corrected chi connectivity index (χ0v) is 18.6. The van der Waals surface area contributed by atoms with E-state index in [-0.39, 0.29) is 18.9 Å². The summed E-state index contributed by atoms with van der Waals surface area (Å²) in [5.74, 6) is -0.0704. The third kappa shape index (κ3) is 4.50. The SMILES string of the molecule is COc1ccc(NC(=O)CC2C(=O)N(c3ccc(C)cc3)C(=O)N2Cc2cccs2)cc1. The number of carbonyl (C=O) groups excluding carboxylic acids is 3. The van der Waals surface area contributed by atoms with Gasteiger partial charge in [-0.2, -0.15) is 0 Å². The Morgan fingerprint density at radius 2 is 1.78 bits per heavy atom. The van der Waals surface area contributed by atoms with Gasteiger partial charge < -0.3 is 15.0 Å². The number of aryl methyl sites for hydroxylation is 1. The fourth-order valence-electron chi connectivity index (χ4n) is 3.58. The van der Waals surface area contributed by atoms with Crippen molar-refractivity contribution >= 4 is 40.6 Å². The lowest BCUT2D eigenvalue weighted by Gasteiger charge is -2.21. The van der Waals surface area contributed by atoms with E-state index in [0.717, 1.165) is 10.4 Å². The average molecular weight is 450 g/mol. The minimum Gasteiger partial charge on any atom is -0.497 e. The fourth-order valence-corrected chi connectivity index (χ4v) is 4.28. The van der Waals surface area contributed by atoms with Gasteiger partial charge in [0.05, 0.1) is 25.8 Å². The first-order valence-corrected chi connectivity index (χ1v) is 11.0. The molecule has 8 heteroatoms. The molecule has 3 aromatic rings. The largest absolute Gasteiger partial charge is 0.497 e. The summed E-state index contributed by atoms with van der Waals surface area (Å²) in [7, 11) is 1.57. The molecule has 0 bridgehead atoms. The van der Waals surface area contributed by atoms with Gasteiger partial charge >= 0.3 is 6.03 Å². The number of anilines is 2. The lowest BCUT2D eigenvalue weighted by atomic mass is 10.1. The van der Waals surface area contributed by atoms with Crippen molar-refractivity contribution in [3.8, 4) is 5.75 Å². The molecule has 1 aliphatic rings. The predicted molar refractivity (Wildman–Crippen MR) is 124 cm³/mol. The normalized spacial score (nSPS) is 15.9. The van der Waals surface area contributed by atoms with E-state index in [4.69, 9.17) is 4.74 Å². The van der Waals surface area contributed by atoms with Crippen LogP contribution in [0.15, 0.2) is 66.0 Å². The van der Waals surface area contributed by atoms with Crippen molar-refractivity contribution in [1.82, 2.24) is 4.90 Å². The first kappa shape index (κ1) is 21.6. The van der Waals surface area contributed by atoms with Gasteiger partial charge in [-0.15, -0.1) is 11.3 Å². The molecule has 4 amide bonds. The number of ether oxygens (including phenoxy) is 1. The summed E-state index contributed by atoms with van der Waals surface area (Å²) in [6.45, 7) is 2.21. The Labute approximate surface area is 190 Å². The van der Waals surface area contributed by atoms with E-state index in [1.807, 2.05) is 36.6 Å². The lowest BCUT2D eigenvalue weighted by Crippen LogP contribution is -2.37. The highest BCUT2D eigenvalue weighted by Gasteiger charge is 2.46. The molecule has 1 aliphatic heterocycles. The third-order valence-electron chi connectivity index (χ3n) is 5.27. The number of rotatable bonds is 7. The maximum Gasteiger partial charge on any atom is 0.332 e. The number of hydrogen-bond donors (Lipinski definition) is 1. The van der Waals surface area contributed by atoms with Crippen molar-refractivity contribution in [2.24, 2.45) is 0 Å². The predicted octanol–water partition coefficient (Wildman–Crippen LogP) is 4.43. The lowest BCUT2D eigenvalue weighted by molar-refractivity contribution is -0.124. The van der Waals surface area contributed by atoms with Crippen LogP contribution in [-0.4, -0.2) is 35.9 Å². The number of benzene rings is 2. The summed E-state index contributed by atoms with van der Waals surface area (Å²) in [6.07, 6.45) is -0.135. The Bertz CT molecular complexity index is 1110. The summed E-state index contributed by atoms with van der Waals surface area (Å²) >= 11 is 1.50. The van der Waals surface area contributed by atoms with Crippen molar-refractivity contribution in [3.05, 3.63) is 76.5 Å². The van der Waals surface area contributed by atoms with Gasteiger partial charge in [0.15, 0.2) is 0 Å². The number of imide groups is 1. The van der Waals surface area contributed by atoms with E-state index in [9.17, 15) is 14.4 Å². The first-order valence-electron chi connectivity index (χ1n) is 10.1. The van der Waals surface area contributed by atoms with E-state index in [1.165, 1.54) is 21.1 Å². The Morgan fingerprint density at radius 1 is 1.06 bits per heavy atom. The van der Waals surface area contributed by atoms with Gasteiger partial charge in [0, 0.05) is 10.6 Å². The number of nitrogens with one attached hydrogen (secondary N) is 1. The number of thiophene rings is 1. The molecule has 1 fully saturated rings. The zero-order valence-electron chi connectivity index (χ0n) is 17.8. The van der Waals surface area contributed by atoms with Crippen molar-refractivity contribution in [2.75, 3.05) is 17.3 Å². The molecule has 2 heterocycles. The van der Waals surface area contributed by atoms with Gasteiger partial charge in [-0.1, -0.05) is 23.8 Å². The highest BCUT2D eigenvalue weighted by atomic mass is 32.1. The quantitative estimate of drug-likeness (QED) is 0.541. The van der Waals surface area contributed by atoms with Crippen molar-refractivity contribution in [1.29, 1.82) is 0 Å². The van der Waals surface area contributed by atoms with Gasteiger partial charge in [0.1, 0.15) is 11.8 Å². The van der Waals surface area contributed by atoms with Crippen LogP contribution in [0, 0.1) is 6.92 Å². The van der Waals surface area contributed by atoms with Crippen LogP contribution in [0.2, 0.25) is 0 Å². The smallest absolute Gasteiger partial charge is 0.332 e. The molecular weight excluding hydrogens is 426 g/mol. The standard InChI is InChI=1S/C24H23N3O4S/c1-16-5-9-18(10-6-16)27-23(29)21(26(24(27)30)15-20-4-3-13-32-20)14-22(28)25-17-7-11-19(31-2)12-8-17/h3-13,21H,14-15H2,1-2H3,(H,25,28). The second-order valence-electron chi connectivity index (χ2n) is 7.50. The van der Waals surface area contributed by atoms with Gasteiger partial charge in [-0.05, 0) is 54.8 Å². The molecular formula is C24H23N3O4S. The molecule has 1 aromatic heterocycles. The summed E-state index contributed by atoms with van der Waals surface area (Å²) in [4.78, 5) is 42.9. The third-order valence-corrected chi connectivity index (χ3v) is 6.13. The second kappa shape index (κ2) is 9.23. The molecule has 0 radical (unpaired) electrons. The molecule has 0 saturated carbocycles. The van der Waals surface area contributed by atoms with Crippen LogP contribution in [0.5, 0.6) is 5.75 Å². The van der Waals surface area contributed by atoms with E-state index in [1.54, 1.807) is 43.5 Å². The number of amides is 4. The Morgan fingerprint density at radius 3 is 2.41 bits per heavy atom. The number of nitrogens with zero attached hydrogens (tertiary/aromatic N) is 2. The summed E-state index contributed by atoms with van der Waals surface area (Å²) < 4.78 is 5.13. The first-order chi connectivity index (χ1) is 15.5.